The quantitative estimate of drug-likeness (QED) is 0.588. The highest BCUT2D eigenvalue weighted by Crippen LogP contribution is 2.32. The SMILES string of the molecule is C=CCSCC(=O)N1CCN(Cc2ccc3c(c2)OCO3)CC1. The summed E-state index contributed by atoms with van der Waals surface area (Å²) in [5.41, 5.74) is 1.22. The van der Waals surface area contributed by atoms with E-state index >= 15 is 0 Å². The third kappa shape index (κ3) is 4.20. The summed E-state index contributed by atoms with van der Waals surface area (Å²) < 4.78 is 10.8. The van der Waals surface area contributed by atoms with Crippen molar-refractivity contribution in [3.05, 3.63) is 36.4 Å². The molecule has 2 heterocycles. The molecule has 3 rings (SSSR count). The van der Waals surface area contributed by atoms with Gasteiger partial charge >= 0.3 is 0 Å². The van der Waals surface area contributed by atoms with E-state index in [1.54, 1.807) is 11.8 Å². The van der Waals surface area contributed by atoms with Crippen molar-refractivity contribution in [2.75, 3.05) is 44.5 Å². The molecule has 0 aliphatic carbocycles. The number of hydrogen-bond acceptors (Lipinski definition) is 5. The number of fused-ring (bicyclic) bond motifs is 1. The maximum Gasteiger partial charge on any atom is 0.232 e. The molecule has 0 spiro atoms. The van der Waals surface area contributed by atoms with E-state index < -0.39 is 0 Å². The molecule has 124 valence electrons. The number of benzene rings is 1. The molecule has 2 aliphatic rings. The van der Waals surface area contributed by atoms with Gasteiger partial charge in [-0.25, -0.2) is 0 Å². The van der Waals surface area contributed by atoms with Gasteiger partial charge in [0.15, 0.2) is 11.5 Å². The molecule has 1 amide bonds. The van der Waals surface area contributed by atoms with E-state index in [2.05, 4.69) is 17.5 Å². The minimum atomic E-state index is 0.236. The third-order valence-corrected chi connectivity index (χ3v) is 4.95. The molecule has 23 heavy (non-hydrogen) atoms. The summed E-state index contributed by atoms with van der Waals surface area (Å²) in [6.07, 6.45) is 1.83. The molecule has 1 saturated heterocycles. The lowest BCUT2D eigenvalue weighted by Crippen LogP contribution is -2.48. The van der Waals surface area contributed by atoms with Crippen LogP contribution in [0.4, 0.5) is 0 Å². The first-order valence-corrected chi connectivity index (χ1v) is 8.99. The second-order valence-electron chi connectivity index (χ2n) is 5.65. The molecule has 1 aromatic carbocycles. The minimum absolute atomic E-state index is 0.236. The van der Waals surface area contributed by atoms with Gasteiger partial charge in [0.05, 0.1) is 5.75 Å². The van der Waals surface area contributed by atoms with Gasteiger partial charge in [0.2, 0.25) is 12.7 Å². The van der Waals surface area contributed by atoms with Crippen LogP contribution in [0.25, 0.3) is 0 Å². The highest BCUT2D eigenvalue weighted by molar-refractivity contribution is 8.00. The topological polar surface area (TPSA) is 42.0 Å². The van der Waals surface area contributed by atoms with Gasteiger partial charge < -0.3 is 14.4 Å². The van der Waals surface area contributed by atoms with Crippen molar-refractivity contribution in [3.63, 3.8) is 0 Å². The van der Waals surface area contributed by atoms with Gasteiger partial charge in [-0.3, -0.25) is 9.69 Å². The van der Waals surface area contributed by atoms with E-state index in [0.717, 1.165) is 50.0 Å². The fraction of sp³-hybridized carbons (Fsp3) is 0.471. The first-order chi connectivity index (χ1) is 11.3. The van der Waals surface area contributed by atoms with Crippen molar-refractivity contribution < 1.29 is 14.3 Å². The predicted molar refractivity (Wildman–Crippen MR) is 91.9 cm³/mol. The van der Waals surface area contributed by atoms with Crippen LogP contribution in [-0.4, -0.2) is 60.2 Å². The van der Waals surface area contributed by atoms with Crippen molar-refractivity contribution in [1.29, 1.82) is 0 Å². The van der Waals surface area contributed by atoms with Crippen molar-refractivity contribution in [3.8, 4) is 11.5 Å². The summed E-state index contributed by atoms with van der Waals surface area (Å²) in [6, 6.07) is 6.09. The average molecular weight is 334 g/mol. The summed E-state index contributed by atoms with van der Waals surface area (Å²) in [4.78, 5) is 16.4. The molecule has 0 saturated carbocycles. The molecule has 0 unspecified atom stereocenters. The lowest BCUT2D eigenvalue weighted by molar-refractivity contribution is -0.130. The first-order valence-electron chi connectivity index (χ1n) is 7.83. The van der Waals surface area contributed by atoms with Gasteiger partial charge in [0.25, 0.3) is 0 Å². The molecular weight excluding hydrogens is 312 g/mol. The Hall–Kier alpha value is -1.66. The fourth-order valence-electron chi connectivity index (χ4n) is 2.77. The number of amides is 1. The van der Waals surface area contributed by atoms with Crippen LogP contribution in [0.3, 0.4) is 0 Å². The number of carbonyl (C=O) groups excluding carboxylic acids is 1. The van der Waals surface area contributed by atoms with Crippen molar-refractivity contribution in [2.45, 2.75) is 6.54 Å². The summed E-state index contributed by atoms with van der Waals surface area (Å²) in [7, 11) is 0. The lowest BCUT2D eigenvalue weighted by atomic mass is 10.1. The highest BCUT2D eigenvalue weighted by atomic mass is 32.2. The molecule has 2 aliphatic heterocycles. The van der Waals surface area contributed by atoms with Crippen LogP contribution in [0.5, 0.6) is 11.5 Å². The Morgan fingerprint density at radius 3 is 2.78 bits per heavy atom. The number of rotatable bonds is 6. The van der Waals surface area contributed by atoms with E-state index in [1.165, 1.54) is 5.56 Å². The maximum absolute atomic E-state index is 12.1. The Balaban J connectivity index is 1.46. The Morgan fingerprint density at radius 1 is 1.22 bits per heavy atom. The van der Waals surface area contributed by atoms with E-state index in [9.17, 15) is 4.79 Å². The molecule has 6 heteroatoms. The Morgan fingerprint density at radius 2 is 2.00 bits per heavy atom. The number of thioether (sulfide) groups is 1. The zero-order valence-electron chi connectivity index (χ0n) is 13.2. The summed E-state index contributed by atoms with van der Waals surface area (Å²) in [5.74, 6) is 3.26. The van der Waals surface area contributed by atoms with Crippen LogP contribution in [0.2, 0.25) is 0 Å². The second-order valence-corrected chi connectivity index (χ2v) is 6.68. The fourth-order valence-corrected chi connectivity index (χ4v) is 3.42. The molecule has 5 nitrogen and oxygen atoms in total. The Bertz CT molecular complexity index is 571. The minimum Gasteiger partial charge on any atom is -0.454 e. The maximum atomic E-state index is 12.1. The van der Waals surface area contributed by atoms with Crippen LogP contribution in [0, 0.1) is 0 Å². The third-order valence-electron chi connectivity index (χ3n) is 4.03. The van der Waals surface area contributed by atoms with Gasteiger partial charge in [-0.2, -0.15) is 0 Å². The van der Waals surface area contributed by atoms with Gasteiger partial charge in [-0.05, 0) is 17.7 Å². The normalized spacial score (nSPS) is 17.3. The molecule has 1 aromatic rings. The molecule has 1 fully saturated rings. The van der Waals surface area contributed by atoms with Crippen LogP contribution in [0.1, 0.15) is 5.56 Å². The van der Waals surface area contributed by atoms with Crippen LogP contribution >= 0.6 is 11.8 Å². The molecule has 0 radical (unpaired) electrons. The van der Waals surface area contributed by atoms with E-state index in [0.29, 0.717) is 12.5 Å². The zero-order valence-corrected chi connectivity index (χ0v) is 14.0. The van der Waals surface area contributed by atoms with Gasteiger partial charge in [-0.1, -0.05) is 12.1 Å². The molecule has 0 atom stereocenters. The molecule has 0 aromatic heterocycles. The van der Waals surface area contributed by atoms with Crippen molar-refractivity contribution in [2.24, 2.45) is 0 Å². The number of ether oxygens (including phenoxy) is 2. The second kappa shape index (κ2) is 7.75. The number of hydrogen-bond donors (Lipinski definition) is 0. The molecule has 0 bridgehead atoms. The highest BCUT2D eigenvalue weighted by Gasteiger charge is 2.21. The van der Waals surface area contributed by atoms with Crippen molar-refractivity contribution >= 4 is 17.7 Å². The van der Waals surface area contributed by atoms with Gasteiger partial charge in [-0.15, -0.1) is 18.3 Å². The zero-order chi connectivity index (χ0) is 16.1. The van der Waals surface area contributed by atoms with Crippen molar-refractivity contribution in [1.82, 2.24) is 9.80 Å². The smallest absolute Gasteiger partial charge is 0.232 e. The van der Waals surface area contributed by atoms with Crippen LogP contribution < -0.4 is 9.47 Å². The molecular formula is C17H22N2O3S. The Labute approximate surface area is 141 Å². The summed E-state index contributed by atoms with van der Waals surface area (Å²) >= 11 is 1.62. The van der Waals surface area contributed by atoms with E-state index in [4.69, 9.17) is 9.47 Å². The first kappa shape index (κ1) is 16.2. The average Bonchev–Trinajstić information content (AvgIpc) is 3.03. The van der Waals surface area contributed by atoms with Crippen LogP contribution in [0.15, 0.2) is 30.9 Å². The van der Waals surface area contributed by atoms with E-state index in [-0.39, 0.29) is 5.91 Å². The Kier molecular flexibility index (Phi) is 5.46. The van der Waals surface area contributed by atoms with E-state index in [1.807, 2.05) is 23.1 Å². The van der Waals surface area contributed by atoms with Gasteiger partial charge in [0, 0.05) is 38.5 Å². The number of piperazine rings is 1. The lowest BCUT2D eigenvalue weighted by Gasteiger charge is -2.34. The monoisotopic (exact) mass is 334 g/mol. The standard InChI is InChI=1S/C17H22N2O3S/c1-2-9-23-12-17(20)19-7-5-18(6-8-19)11-14-3-4-15-16(10-14)22-13-21-15/h2-4,10H,1,5-9,11-13H2. The summed E-state index contributed by atoms with van der Waals surface area (Å²) in [6.45, 7) is 8.29. The largest absolute Gasteiger partial charge is 0.454 e. The number of nitrogens with zero attached hydrogens (tertiary/aromatic N) is 2. The predicted octanol–water partition coefficient (Wildman–Crippen LogP) is 1.98. The van der Waals surface area contributed by atoms with Gasteiger partial charge in [0.1, 0.15) is 0 Å². The number of carbonyl (C=O) groups is 1. The van der Waals surface area contributed by atoms with Crippen LogP contribution in [-0.2, 0) is 11.3 Å². The summed E-state index contributed by atoms with van der Waals surface area (Å²) in [5, 5.41) is 0. The molecule has 0 N–H and O–H groups in total.